The van der Waals surface area contributed by atoms with E-state index in [1.165, 1.54) is 18.3 Å². The highest BCUT2D eigenvalue weighted by molar-refractivity contribution is 7.09. The lowest BCUT2D eigenvalue weighted by molar-refractivity contribution is -0.149. The third-order valence-electron chi connectivity index (χ3n) is 9.64. The van der Waals surface area contributed by atoms with Gasteiger partial charge in [-0.25, -0.2) is 4.98 Å². The molecule has 0 radical (unpaired) electrons. The standard InChI is InChI=1S/C38H58N6O7S/c1-9-39-28(38(49)50)20-27(19-26-15-11-10-12-16-26)40-34(46)29-22-52-36(41-29)32(51-25(6)45)21-31(23(2)3)44(8)37(48)33(24(4)5)42-35(47)30-17-13-14-18-43(30)7/h10-12,15-16,22-24,27-28,30-33,39H,9,13-14,17-21H2,1-8H3,(H,40,46)(H,42,47)(H,49,50). The second-order valence-corrected chi connectivity index (χ2v) is 15.3. The van der Waals surface area contributed by atoms with Gasteiger partial charge in [0.15, 0.2) is 6.10 Å². The molecule has 1 aliphatic heterocycles. The second kappa shape index (κ2) is 20.4. The van der Waals surface area contributed by atoms with Crippen molar-refractivity contribution in [3.05, 3.63) is 52.0 Å². The van der Waals surface area contributed by atoms with E-state index in [1.807, 2.05) is 76.9 Å². The molecule has 0 spiro atoms. The summed E-state index contributed by atoms with van der Waals surface area (Å²) in [7, 11) is 3.64. The van der Waals surface area contributed by atoms with Crippen LogP contribution in [0.1, 0.15) is 101 Å². The van der Waals surface area contributed by atoms with Crippen molar-refractivity contribution in [3.63, 3.8) is 0 Å². The van der Waals surface area contributed by atoms with Crippen molar-refractivity contribution in [1.82, 2.24) is 30.7 Å². The number of ether oxygens (including phenoxy) is 1. The Morgan fingerprint density at radius 3 is 2.31 bits per heavy atom. The summed E-state index contributed by atoms with van der Waals surface area (Å²) >= 11 is 1.17. The number of piperidine rings is 1. The zero-order chi connectivity index (χ0) is 38.5. The van der Waals surface area contributed by atoms with Crippen LogP contribution in [0.3, 0.4) is 0 Å². The van der Waals surface area contributed by atoms with Crippen LogP contribution in [0.5, 0.6) is 0 Å². The molecule has 6 atom stereocenters. The molecule has 2 heterocycles. The number of benzene rings is 1. The van der Waals surface area contributed by atoms with Crippen LogP contribution in [0, 0.1) is 11.8 Å². The Bertz CT molecular complexity index is 1490. The van der Waals surface area contributed by atoms with Crippen molar-refractivity contribution in [3.8, 4) is 0 Å². The molecule has 1 fully saturated rings. The molecule has 0 saturated carbocycles. The first-order chi connectivity index (χ1) is 24.6. The lowest BCUT2D eigenvalue weighted by Gasteiger charge is -2.37. The number of thiazole rings is 1. The number of esters is 1. The molecule has 14 heteroatoms. The quantitative estimate of drug-likeness (QED) is 0.154. The second-order valence-electron chi connectivity index (χ2n) is 14.4. The molecule has 1 saturated heterocycles. The van der Waals surface area contributed by atoms with Crippen molar-refractivity contribution in [1.29, 1.82) is 0 Å². The minimum Gasteiger partial charge on any atom is -0.480 e. The Hall–Kier alpha value is -3.88. The van der Waals surface area contributed by atoms with Gasteiger partial charge in [0.25, 0.3) is 5.91 Å². The summed E-state index contributed by atoms with van der Waals surface area (Å²) in [6, 6.07) is 6.72. The van der Waals surface area contributed by atoms with Gasteiger partial charge in [-0.1, -0.05) is 71.4 Å². The molecule has 1 aliphatic rings. The number of carboxylic acid groups (broad SMARTS) is 1. The van der Waals surface area contributed by atoms with Gasteiger partial charge in [0.1, 0.15) is 22.8 Å². The molecule has 0 bridgehead atoms. The SMILES string of the molecule is CCNC(CC(Cc1ccccc1)NC(=O)c1csc(C(CC(C(C)C)N(C)C(=O)C(NC(=O)C2CCCCN2C)C(C)C)OC(C)=O)n1)C(=O)O. The highest BCUT2D eigenvalue weighted by Gasteiger charge is 2.37. The lowest BCUT2D eigenvalue weighted by Crippen LogP contribution is -2.57. The topological polar surface area (TPSA) is 170 Å². The van der Waals surface area contributed by atoms with E-state index in [2.05, 4.69) is 20.9 Å². The van der Waals surface area contributed by atoms with Gasteiger partial charge in [0, 0.05) is 37.9 Å². The summed E-state index contributed by atoms with van der Waals surface area (Å²) in [5.41, 5.74) is 1.06. The third-order valence-corrected chi connectivity index (χ3v) is 10.6. The Kier molecular flexibility index (Phi) is 16.7. The van der Waals surface area contributed by atoms with E-state index in [0.29, 0.717) is 18.0 Å². The maximum atomic E-state index is 14.0. The van der Waals surface area contributed by atoms with E-state index in [0.717, 1.165) is 31.4 Å². The number of hydrogen-bond donors (Lipinski definition) is 4. The Morgan fingerprint density at radius 2 is 1.73 bits per heavy atom. The summed E-state index contributed by atoms with van der Waals surface area (Å²) in [6.45, 7) is 12.2. The van der Waals surface area contributed by atoms with Gasteiger partial charge in [-0.05, 0) is 63.2 Å². The molecule has 3 amide bonds. The predicted octanol–water partition coefficient (Wildman–Crippen LogP) is 4.04. The van der Waals surface area contributed by atoms with Crippen LogP contribution >= 0.6 is 11.3 Å². The van der Waals surface area contributed by atoms with E-state index in [-0.39, 0.29) is 48.2 Å². The number of carbonyl (C=O) groups is 5. The summed E-state index contributed by atoms with van der Waals surface area (Å²) in [4.78, 5) is 73.5. The molecule has 3 rings (SSSR count). The summed E-state index contributed by atoms with van der Waals surface area (Å²) in [5, 5.41) is 20.7. The molecule has 1 aromatic heterocycles. The Morgan fingerprint density at radius 1 is 1.04 bits per heavy atom. The van der Waals surface area contributed by atoms with Crippen LogP contribution in [0.2, 0.25) is 0 Å². The fourth-order valence-corrected chi connectivity index (χ4v) is 7.58. The normalized spacial score (nSPS) is 17.8. The number of aliphatic carboxylic acids is 1. The smallest absolute Gasteiger partial charge is 0.320 e. The van der Waals surface area contributed by atoms with Crippen LogP contribution < -0.4 is 16.0 Å². The van der Waals surface area contributed by atoms with Crippen molar-refractivity contribution >= 4 is 41.0 Å². The van der Waals surface area contributed by atoms with Gasteiger partial charge in [0.2, 0.25) is 11.8 Å². The molecular formula is C38H58N6O7S. The molecule has 2 aromatic rings. The summed E-state index contributed by atoms with van der Waals surface area (Å²) in [6.07, 6.45) is 2.70. The molecule has 6 unspecified atom stereocenters. The molecular weight excluding hydrogens is 685 g/mol. The van der Waals surface area contributed by atoms with Crippen molar-refractivity contribution in [2.24, 2.45) is 11.8 Å². The average Bonchev–Trinajstić information content (AvgIpc) is 3.59. The number of likely N-dealkylation sites (N-methyl/N-ethyl adjacent to an activating group) is 3. The molecule has 288 valence electrons. The number of rotatable bonds is 19. The van der Waals surface area contributed by atoms with Crippen molar-refractivity contribution in [2.75, 3.05) is 27.2 Å². The fourth-order valence-electron chi connectivity index (χ4n) is 6.74. The zero-order valence-corrected chi connectivity index (χ0v) is 32.7. The minimum atomic E-state index is -1.00. The van der Waals surface area contributed by atoms with Crippen molar-refractivity contribution < 1.29 is 33.8 Å². The van der Waals surface area contributed by atoms with Crippen molar-refractivity contribution in [2.45, 2.75) is 116 Å². The fraction of sp³-hybridized carbons (Fsp3) is 0.632. The van der Waals surface area contributed by atoms with Crippen LogP contribution in [0.4, 0.5) is 0 Å². The lowest BCUT2D eigenvalue weighted by atomic mass is 9.94. The number of hydrogen-bond acceptors (Lipinski definition) is 10. The maximum Gasteiger partial charge on any atom is 0.320 e. The van der Waals surface area contributed by atoms with Crippen LogP contribution in [-0.4, -0.2) is 107 Å². The van der Waals surface area contributed by atoms with E-state index in [9.17, 15) is 29.1 Å². The van der Waals surface area contributed by atoms with Crippen LogP contribution in [-0.2, 0) is 30.3 Å². The number of amides is 3. The average molecular weight is 743 g/mol. The van der Waals surface area contributed by atoms with Crippen LogP contribution in [0.25, 0.3) is 0 Å². The highest BCUT2D eigenvalue weighted by atomic mass is 32.1. The van der Waals surface area contributed by atoms with Gasteiger partial charge in [-0.2, -0.15) is 0 Å². The molecule has 0 aliphatic carbocycles. The molecule has 1 aromatic carbocycles. The van der Waals surface area contributed by atoms with Gasteiger partial charge in [0.05, 0.1) is 6.04 Å². The van der Waals surface area contributed by atoms with E-state index in [1.54, 1.807) is 17.3 Å². The van der Waals surface area contributed by atoms with Gasteiger partial charge >= 0.3 is 11.9 Å². The molecule has 4 N–H and O–H groups in total. The minimum absolute atomic E-state index is 0.0552. The first-order valence-corrected chi connectivity index (χ1v) is 19.2. The van der Waals surface area contributed by atoms with E-state index < -0.39 is 48.1 Å². The van der Waals surface area contributed by atoms with Gasteiger partial charge in [-0.3, -0.25) is 28.9 Å². The summed E-state index contributed by atoms with van der Waals surface area (Å²) < 4.78 is 5.76. The Labute approximate surface area is 312 Å². The number of nitrogens with zero attached hydrogens (tertiary/aromatic N) is 3. The number of carbonyl (C=O) groups excluding carboxylic acids is 4. The third kappa shape index (κ3) is 12.4. The maximum absolute atomic E-state index is 14.0. The van der Waals surface area contributed by atoms with Crippen LogP contribution in [0.15, 0.2) is 35.7 Å². The predicted molar refractivity (Wildman–Crippen MR) is 201 cm³/mol. The van der Waals surface area contributed by atoms with E-state index in [4.69, 9.17) is 4.74 Å². The number of aromatic nitrogens is 1. The van der Waals surface area contributed by atoms with Gasteiger partial charge in [-0.15, -0.1) is 11.3 Å². The Balaban J connectivity index is 1.81. The van der Waals surface area contributed by atoms with Gasteiger partial charge < -0.3 is 30.7 Å². The first kappa shape index (κ1) is 42.5. The number of carboxylic acids is 1. The monoisotopic (exact) mass is 742 g/mol. The molecule has 13 nitrogen and oxygen atoms in total. The summed E-state index contributed by atoms with van der Waals surface area (Å²) in [5.74, 6) is -2.62. The number of nitrogens with one attached hydrogen (secondary N) is 3. The number of likely N-dealkylation sites (tertiary alicyclic amines) is 1. The highest BCUT2D eigenvalue weighted by Crippen LogP contribution is 2.31. The first-order valence-electron chi connectivity index (χ1n) is 18.3. The van der Waals surface area contributed by atoms with E-state index >= 15 is 0 Å². The largest absolute Gasteiger partial charge is 0.480 e. The molecule has 52 heavy (non-hydrogen) atoms. The zero-order valence-electron chi connectivity index (χ0n) is 31.9.